The smallest absolute Gasteiger partial charge is 0.261 e. The number of nitrogens with one attached hydrogen (secondary N) is 1. The normalized spacial score (nSPS) is 13.2. The number of ether oxygens (including phenoxy) is 1. The maximum atomic E-state index is 13.3. The van der Waals surface area contributed by atoms with Gasteiger partial charge in [-0.3, -0.25) is 9.59 Å². The minimum Gasteiger partial charge on any atom is -0.484 e. The fraction of sp³-hybridized carbons (Fsp3) is 0.500. The predicted molar refractivity (Wildman–Crippen MR) is 134 cm³/mol. The minimum absolute atomic E-state index is 0.0519. The summed E-state index contributed by atoms with van der Waals surface area (Å²) in [7, 11) is 0. The van der Waals surface area contributed by atoms with Crippen LogP contribution < -0.4 is 10.1 Å². The van der Waals surface area contributed by atoms with Crippen LogP contribution in [0.1, 0.15) is 71.1 Å². The highest BCUT2D eigenvalue weighted by Crippen LogP contribution is 2.24. The number of carbonyl (C=O) groups is 2. The second-order valence-electron chi connectivity index (χ2n) is 9.82. The Kier molecular flexibility index (Phi) is 9.51. The van der Waals surface area contributed by atoms with Crippen LogP contribution in [0.2, 0.25) is 0 Å². The van der Waals surface area contributed by atoms with Crippen LogP contribution in [0.15, 0.2) is 48.5 Å². The third-order valence-electron chi connectivity index (χ3n) is 5.91. The van der Waals surface area contributed by atoms with Gasteiger partial charge in [-0.1, -0.05) is 76.6 Å². The van der Waals surface area contributed by atoms with Gasteiger partial charge in [-0.05, 0) is 55.4 Å². The second kappa shape index (κ2) is 11.9. The molecule has 0 aliphatic carbocycles. The first-order chi connectivity index (χ1) is 15.5. The van der Waals surface area contributed by atoms with Crippen molar-refractivity contribution < 1.29 is 14.3 Å². The van der Waals surface area contributed by atoms with E-state index in [-0.39, 0.29) is 29.9 Å². The lowest BCUT2D eigenvalue weighted by atomic mass is 9.87. The van der Waals surface area contributed by atoms with Crippen LogP contribution in [0.5, 0.6) is 5.75 Å². The van der Waals surface area contributed by atoms with E-state index >= 15 is 0 Å². The summed E-state index contributed by atoms with van der Waals surface area (Å²) in [6.07, 6.45) is 1.36. The molecule has 2 aromatic rings. The quantitative estimate of drug-likeness (QED) is 0.526. The Bertz CT molecular complexity index is 915. The van der Waals surface area contributed by atoms with Gasteiger partial charge in [0, 0.05) is 12.6 Å². The van der Waals surface area contributed by atoms with Crippen molar-refractivity contribution in [3.8, 4) is 5.75 Å². The van der Waals surface area contributed by atoms with E-state index in [2.05, 4.69) is 26.1 Å². The molecule has 0 aliphatic rings. The fourth-order valence-electron chi connectivity index (χ4n) is 3.65. The lowest BCUT2D eigenvalue weighted by Crippen LogP contribution is -2.51. The molecule has 5 heteroatoms. The highest BCUT2D eigenvalue weighted by atomic mass is 16.5. The monoisotopic (exact) mass is 452 g/mol. The summed E-state index contributed by atoms with van der Waals surface area (Å²) in [5.74, 6) is 0.314. The molecule has 2 amide bonds. The standard InChI is InChI=1S/C28H40N2O3/c1-8-21(4)29-27(32)25(9-2)30(18-22-12-10-11-20(3)17-22)26(31)19-33-24-15-13-23(14-16-24)28(5,6)7/h10-17,21,25H,8-9,18-19H2,1-7H3,(H,29,32). The van der Waals surface area contributed by atoms with Crippen LogP contribution in [-0.2, 0) is 21.5 Å². The van der Waals surface area contributed by atoms with Gasteiger partial charge in [0.05, 0.1) is 0 Å². The van der Waals surface area contributed by atoms with Crippen LogP contribution >= 0.6 is 0 Å². The van der Waals surface area contributed by atoms with Gasteiger partial charge in [-0.25, -0.2) is 0 Å². The van der Waals surface area contributed by atoms with E-state index in [1.165, 1.54) is 5.56 Å². The molecule has 0 fully saturated rings. The lowest BCUT2D eigenvalue weighted by Gasteiger charge is -2.31. The summed E-state index contributed by atoms with van der Waals surface area (Å²) in [6, 6.07) is 15.4. The zero-order chi connectivity index (χ0) is 24.6. The van der Waals surface area contributed by atoms with Crippen molar-refractivity contribution in [3.05, 3.63) is 65.2 Å². The van der Waals surface area contributed by atoms with E-state index in [1.807, 2.05) is 76.2 Å². The van der Waals surface area contributed by atoms with E-state index < -0.39 is 6.04 Å². The van der Waals surface area contributed by atoms with Crippen molar-refractivity contribution in [2.75, 3.05) is 6.61 Å². The zero-order valence-electron chi connectivity index (χ0n) is 21.3. The van der Waals surface area contributed by atoms with Crippen LogP contribution in [0.4, 0.5) is 0 Å². The van der Waals surface area contributed by atoms with Crippen molar-refractivity contribution >= 4 is 11.8 Å². The molecule has 2 atom stereocenters. The number of carbonyl (C=O) groups excluding carboxylic acids is 2. The number of amides is 2. The fourth-order valence-corrected chi connectivity index (χ4v) is 3.65. The van der Waals surface area contributed by atoms with Crippen molar-refractivity contribution in [1.29, 1.82) is 0 Å². The van der Waals surface area contributed by atoms with Crippen LogP contribution in [-0.4, -0.2) is 35.4 Å². The minimum atomic E-state index is -0.557. The Morgan fingerprint density at radius 3 is 2.24 bits per heavy atom. The number of hydrogen-bond donors (Lipinski definition) is 1. The van der Waals surface area contributed by atoms with Gasteiger partial charge in [-0.15, -0.1) is 0 Å². The summed E-state index contributed by atoms with van der Waals surface area (Å²) in [6.45, 7) is 14.7. The summed E-state index contributed by atoms with van der Waals surface area (Å²) < 4.78 is 5.83. The van der Waals surface area contributed by atoms with Gasteiger partial charge >= 0.3 is 0 Å². The molecule has 2 rings (SSSR count). The Hall–Kier alpha value is -2.82. The van der Waals surface area contributed by atoms with Crippen molar-refractivity contribution in [3.63, 3.8) is 0 Å². The highest BCUT2D eigenvalue weighted by Gasteiger charge is 2.29. The number of nitrogens with zero attached hydrogens (tertiary/aromatic N) is 1. The predicted octanol–water partition coefficient (Wildman–Crippen LogP) is 5.39. The molecule has 0 heterocycles. The van der Waals surface area contributed by atoms with Gasteiger partial charge in [-0.2, -0.15) is 0 Å². The van der Waals surface area contributed by atoms with Crippen LogP contribution in [0.25, 0.3) is 0 Å². The third kappa shape index (κ3) is 7.92. The molecule has 180 valence electrons. The maximum absolute atomic E-state index is 13.3. The summed E-state index contributed by atoms with van der Waals surface area (Å²) >= 11 is 0. The Labute approximate surface area is 199 Å². The van der Waals surface area contributed by atoms with Gasteiger partial charge in [0.2, 0.25) is 5.91 Å². The van der Waals surface area contributed by atoms with Crippen molar-refractivity contribution in [2.24, 2.45) is 0 Å². The third-order valence-corrected chi connectivity index (χ3v) is 5.91. The summed E-state index contributed by atoms with van der Waals surface area (Å²) in [5, 5.41) is 3.03. The molecule has 0 saturated carbocycles. The SMILES string of the molecule is CCC(C)NC(=O)C(CC)N(Cc1cccc(C)c1)C(=O)COc1ccc(C(C)(C)C)cc1. The molecule has 2 aromatic carbocycles. The first-order valence-corrected chi connectivity index (χ1v) is 11.9. The molecule has 0 spiro atoms. The molecule has 5 nitrogen and oxygen atoms in total. The van der Waals surface area contributed by atoms with E-state index in [0.717, 1.165) is 17.5 Å². The zero-order valence-corrected chi connectivity index (χ0v) is 21.3. The first kappa shape index (κ1) is 26.4. The van der Waals surface area contributed by atoms with Crippen molar-refractivity contribution in [2.45, 2.75) is 85.4 Å². The average Bonchev–Trinajstić information content (AvgIpc) is 2.77. The van der Waals surface area contributed by atoms with Gasteiger partial charge < -0.3 is 15.0 Å². The van der Waals surface area contributed by atoms with E-state index in [4.69, 9.17) is 4.74 Å². The maximum Gasteiger partial charge on any atom is 0.261 e. The van der Waals surface area contributed by atoms with Gasteiger partial charge in [0.25, 0.3) is 5.91 Å². The van der Waals surface area contributed by atoms with Crippen molar-refractivity contribution in [1.82, 2.24) is 10.2 Å². The van der Waals surface area contributed by atoms with Crippen LogP contribution in [0, 0.1) is 6.92 Å². The number of aryl methyl sites for hydroxylation is 1. The van der Waals surface area contributed by atoms with Gasteiger partial charge in [0.1, 0.15) is 11.8 Å². The van der Waals surface area contributed by atoms with Crippen LogP contribution in [0.3, 0.4) is 0 Å². The summed E-state index contributed by atoms with van der Waals surface area (Å²) in [5.41, 5.74) is 3.37. The average molecular weight is 453 g/mol. The van der Waals surface area contributed by atoms with Gasteiger partial charge in [0.15, 0.2) is 6.61 Å². The molecule has 0 saturated heterocycles. The molecular weight excluding hydrogens is 412 g/mol. The Morgan fingerprint density at radius 1 is 1.03 bits per heavy atom. The molecule has 0 aliphatic heterocycles. The van der Waals surface area contributed by atoms with E-state index in [0.29, 0.717) is 18.7 Å². The largest absolute Gasteiger partial charge is 0.484 e. The molecule has 2 unspecified atom stereocenters. The Balaban J connectivity index is 2.20. The molecule has 1 N–H and O–H groups in total. The lowest BCUT2D eigenvalue weighted by molar-refractivity contribution is -0.143. The Morgan fingerprint density at radius 2 is 1.70 bits per heavy atom. The number of rotatable bonds is 10. The number of benzene rings is 2. The molecule has 0 aromatic heterocycles. The molecule has 0 bridgehead atoms. The topological polar surface area (TPSA) is 58.6 Å². The first-order valence-electron chi connectivity index (χ1n) is 11.9. The second-order valence-corrected chi connectivity index (χ2v) is 9.82. The number of hydrogen-bond acceptors (Lipinski definition) is 3. The molecular formula is C28H40N2O3. The van der Waals surface area contributed by atoms with E-state index in [1.54, 1.807) is 4.90 Å². The highest BCUT2D eigenvalue weighted by molar-refractivity contribution is 5.88. The molecule has 33 heavy (non-hydrogen) atoms. The van der Waals surface area contributed by atoms with E-state index in [9.17, 15) is 9.59 Å². The molecule has 0 radical (unpaired) electrons. The summed E-state index contributed by atoms with van der Waals surface area (Å²) in [4.78, 5) is 28.0.